The number of nitrogens with one attached hydrogen (secondary N) is 1. The molecular formula is C19H20N2O6. The number of hydrazone groups is 1. The lowest BCUT2D eigenvalue weighted by atomic mass is 10.2. The molecule has 2 aromatic carbocycles. The molecule has 0 bridgehead atoms. The van der Waals surface area contributed by atoms with E-state index in [1.165, 1.54) is 27.5 Å². The lowest BCUT2D eigenvalue weighted by Gasteiger charge is -2.18. The maximum absolute atomic E-state index is 12.3. The van der Waals surface area contributed by atoms with Crippen molar-refractivity contribution < 1.29 is 28.5 Å². The Morgan fingerprint density at radius 1 is 1.00 bits per heavy atom. The molecule has 0 aliphatic carbocycles. The molecule has 2 aromatic rings. The van der Waals surface area contributed by atoms with Crippen molar-refractivity contribution in [1.29, 1.82) is 0 Å². The van der Waals surface area contributed by atoms with E-state index >= 15 is 0 Å². The average molecular weight is 372 g/mol. The van der Waals surface area contributed by atoms with Crippen LogP contribution < -0.4 is 29.1 Å². The molecule has 142 valence electrons. The number of hydrogen-bond donors (Lipinski definition) is 1. The molecule has 1 aliphatic rings. The molecule has 0 radical (unpaired) electrons. The molecule has 3 rings (SSSR count). The Balaban J connectivity index is 1.72. The van der Waals surface area contributed by atoms with E-state index in [0.717, 1.165) is 0 Å². The number of hydrogen-bond acceptors (Lipinski definition) is 7. The Morgan fingerprint density at radius 2 is 1.67 bits per heavy atom. The predicted molar refractivity (Wildman–Crippen MR) is 98.6 cm³/mol. The lowest BCUT2D eigenvalue weighted by molar-refractivity contribution is 0.0954. The Bertz CT molecular complexity index is 840. The quantitative estimate of drug-likeness (QED) is 0.618. The van der Waals surface area contributed by atoms with Crippen molar-refractivity contribution in [3.05, 3.63) is 41.5 Å². The van der Waals surface area contributed by atoms with Crippen molar-refractivity contribution in [2.75, 3.05) is 34.5 Å². The fraction of sp³-hybridized carbons (Fsp3) is 0.263. The number of benzene rings is 2. The van der Waals surface area contributed by atoms with Crippen LogP contribution in [0, 0.1) is 0 Å². The van der Waals surface area contributed by atoms with E-state index in [9.17, 15) is 4.79 Å². The number of ether oxygens (including phenoxy) is 5. The van der Waals surface area contributed by atoms with Crippen LogP contribution in [0.1, 0.15) is 15.9 Å². The van der Waals surface area contributed by atoms with Gasteiger partial charge in [0.25, 0.3) is 5.91 Å². The minimum atomic E-state index is -0.365. The minimum absolute atomic E-state index is 0.365. The molecule has 1 aliphatic heterocycles. The summed E-state index contributed by atoms with van der Waals surface area (Å²) in [4.78, 5) is 12.3. The Morgan fingerprint density at radius 3 is 2.30 bits per heavy atom. The third kappa shape index (κ3) is 4.05. The first-order valence-electron chi connectivity index (χ1n) is 8.19. The molecule has 0 saturated carbocycles. The summed E-state index contributed by atoms with van der Waals surface area (Å²) in [7, 11) is 4.59. The maximum Gasteiger partial charge on any atom is 0.271 e. The lowest BCUT2D eigenvalue weighted by Crippen LogP contribution is -2.19. The molecule has 1 amide bonds. The van der Waals surface area contributed by atoms with Crippen molar-refractivity contribution in [3.8, 4) is 28.7 Å². The highest BCUT2D eigenvalue weighted by Crippen LogP contribution is 2.37. The van der Waals surface area contributed by atoms with Crippen LogP contribution in [0.5, 0.6) is 28.7 Å². The topological polar surface area (TPSA) is 87.6 Å². The maximum atomic E-state index is 12.3. The van der Waals surface area contributed by atoms with E-state index in [1.807, 2.05) is 0 Å². The molecule has 0 saturated heterocycles. The molecule has 8 nitrogen and oxygen atoms in total. The highest BCUT2D eigenvalue weighted by molar-refractivity contribution is 5.95. The van der Waals surface area contributed by atoms with E-state index in [4.69, 9.17) is 23.7 Å². The summed E-state index contributed by atoms with van der Waals surface area (Å²) in [5.74, 6) is 2.28. The van der Waals surface area contributed by atoms with E-state index in [-0.39, 0.29) is 5.91 Å². The van der Waals surface area contributed by atoms with Crippen molar-refractivity contribution in [2.24, 2.45) is 5.10 Å². The van der Waals surface area contributed by atoms with Crippen molar-refractivity contribution in [2.45, 2.75) is 0 Å². The van der Waals surface area contributed by atoms with Crippen LogP contribution >= 0.6 is 0 Å². The third-order valence-electron chi connectivity index (χ3n) is 3.87. The zero-order valence-corrected chi connectivity index (χ0v) is 15.3. The first-order chi connectivity index (χ1) is 13.2. The zero-order valence-electron chi connectivity index (χ0n) is 15.3. The second kappa shape index (κ2) is 8.31. The van der Waals surface area contributed by atoms with E-state index in [2.05, 4.69) is 10.5 Å². The minimum Gasteiger partial charge on any atom is -0.493 e. The van der Waals surface area contributed by atoms with Gasteiger partial charge in [0.15, 0.2) is 23.0 Å². The summed E-state index contributed by atoms with van der Waals surface area (Å²) in [6.45, 7) is 0.953. The smallest absolute Gasteiger partial charge is 0.271 e. The molecule has 8 heteroatoms. The van der Waals surface area contributed by atoms with Gasteiger partial charge in [0.05, 0.1) is 27.5 Å². The van der Waals surface area contributed by atoms with Gasteiger partial charge in [-0.05, 0) is 30.3 Å². The van der Waals surface area contributed by atoms with Crippen LogP contribution in [0.3, 0.4) is 0 Å². The first-order valence-corrected chi connectivity index (χ1v) is 8.19. The number of amides is 1. The van der Waals surface area contributed by atoms with Crippen molar-refractivity contribution in [1.82, 2.24) is 5.43 Å². The summed E-state index contributed by atoms with van der Waals surface area (Å²) >= 11 is 0. The molecule has 1 N–H and O–H groups in total. The summed E-state index contributed by atoms with van der Waals surface area (Å²) in [5, 5.41) is 3.99. The van der Waals surface area contributed by atoms with Gasteiger partial charge >= 0.3 is 0 Å². The molecule has 0 unspecified atom stereocenters. The molecule has 0 fully saturated rings. The van der Waals surface area contributed by atoms with Gasteiger partial charge in [-0.3, -0.25) is 4.79 Å². The highest BCUT2D eigenvalue weighted by atomic mass is 16.6. The van der Waals surface area contributed by atoms with Crippen LogP contribution in [0.2, 0.25) is 0 Å². The summed E-state index contributed by atoms with van der Waals surface area (Å²) in [5.41, 5.74) is 3.57. The Hall–Kier alpha value is -3.42. The van der Waals surface area contributed by atoms with E-state index in [1.54, 1.807) is 30.3 Å². The van der Waals surface area contributed by atoms with Gasteiger partial charge in [0.1, 0.15) is 13.2 Å². The van der Waals surface area contributed by atoms with Gasteiger partial charge in [-0.25, -0.2) is 5.43 Å². The van der Waals surface area contributed by atoms with Crippen LogP contribution in [0.4, 0.5) is 0 Å². The van der Waals surface area contributed by atoms with Gasteiger partial charge < -0.3 is 23.7 Å². The number of carbonyl (C=O) groups is 1. The van der Waals surface area contributed by atoms with Gasteiger partial charge in [0.2, 0.25) is 5.75 Å². The Kier molecular flexibility index (Phi) is 5.65. The fourth-order valence-electron chi connectivity index (χ4n) is 2.59. The second-order valence-corrected chi connectivity index (χ2v) is 5.52. The number of nitrogens with zero attached hydrogens (tertiary/aromatic N) is 1. The Labute approximate surface area is 156 Å². The highest BCUT2D eigenvalue weighted by Gasteiger charge is 2.15. The number of fused-ring (bicyclic) bond motifs is 1. The number of rotatable bonds is 6. The SMILES string of the molecule is COc1cc(C=NNC(=O)c2ccc3c(c2)OCCO3)cc(OC)c1OC. The second-order valence-electron chi connectivity index (χ2n) is 5.52. The standard InChI is InChI=1S/C19H20N2O6/c1-23-16-8-12(9-17(24-2)18(16)25-3)11-20-21-19(22)13-4-5-14-15(10-13)27-7-6-26-14/h4-5,8-11H,6-7H2,1-3H3,(H,21,22). The number of methoxy groups -OCH3 is 3. The average Bonchev–Trinajstić information content (AvgIpc) is 2.72. The summed E-state index contributed by atoms with van der Waals surface area (Å²) in [6.07, 6.45) is 1.49. The fourth-order valence-corrected chi connectivity index (χ4v) is 2.59. The van der Waals surface area contributed by atoms with Crippen LogP contribution in [-0.2, 0) is 0 Å². The van der Waals surface area contributed by atoms with Gasteiger partial charge in [-0.15, -0.1) is 0 Å². The zero-order chi connectivity index (χ0) is 19.2. The van der Waals surface area contributed by atoms with Crippen LogP contribution in [0.25, 0.3) is 0 Å². The number of carbonyl (C=O) groups excluding carboxylic acids is 1. The largest absolute Gasteiger partial charge is 0.493 e. The van der Waals surface area contributed by atoms with Gasteiger partial charge in [-0.1, -0.05) is 0 Å². The normalized spacial score (nSPS) is 12.6. The van der Waals surface area contributed by atoms with Crippen LogP contribution in [0.15, 0.2) is 35.4 Å². The molecule has 27 heavy (non-hydrogen) atoms. The van der Waals surface area contributed by atoms with E-state index < -0.39 is 0 Å². The van der Waals surface area contributed by atoms with Crippen LogP contribution in [-0.4, -0.2) is 46.7 Å². The monoisotopic (exact) mass is 372 g/mol. The molecule has 0 aromatic heterocycles. The first kappa shape index (κ1) is 18.4. The van der Waals surface area contributed by atoms with Crippen molar-refractivity contribution >= 4 is 12.1 Å². The van der Waals surface area contributed by atoms with Crippen molar-refractivity contribution in [3.63, 3.8) is 0 Å². The third-order valence-corrected chi connectivity index (χ3v) is 3.87. The molecule has 0 spiro atoms. The summed E-state index contributed by atoms with van der Waals surface area (Å²) in [6, 6.07) is 8.42. The summed E-state index contributed by atoms with van der Waals surface area (Å²) < 4.78 is 26.8. The predicted octanol–water partition coefficient (Wildman–Crippen LogP) is 2.25. The molecular weight excluding hydrogens is 352 g/mol. The molecule has 0 atom stereocenters. The van der Waals surface area contributed by atoms with E-state index in [0.29, 0.717) is 53.1 Å². The van der Waals surface area contributed by atoms with Gasteiger partial charge in [0, 0.05) is 11.1 Å². The van der Waals surface area contributed by atoms with Gasteiger partial charge in [-0.2, -0.15) is 5.10 Å². The molecule has 1 heterocycles.